The first-order valence-electron chi connectivity index (χ1n) is 7.25. The first-order valence-corrected chi connectivity index (χ1v) is 8.80. The number of carbonyl (C=O) groups is 1. The fourth-order valence-corrected chi connectivity index (χ4v) is 4.56. The van der Waals surface area contributed by atoms with Crippen LogP contribution in [0.1, 0.15) is 32.1 Å². The molecular formula is C15H18O5S. The van der Waals surface area contributed by atoms with Crippen molar-refractivity contribution in [3.05, 3.63) is 18.2 Å². The van der Waals surface area contributed by atoms with Crippen LogP contribution in [0.4, 0.5) is 0 Å². The van der Waals surface area contributed by atoms with Crippen LogP contribution in [0.3, 0.4) is 0 Å². The summed E-state index contributed by atoms with van der Waals surface area (Å²) in [6, 6.07) is 4.60. The Labute approximate surface area is 124 Å². The van der Waals surface area contributed by atoms with Gasteiger partial charge >= 0.3 is 0 Å². The average Bonchev–Trinajstić information content (AvgIpc) is 2.72. The van der Waals surface area contributed by atoms with Gasteiger partial charge in [0, 0.05) is 18.9 Å². The van der Waals surface area contributed by atoms with Gasteiger partial charge in [0.15, 0.2) is 27.1 Å². The maximum atomic E-state index is 12.7. The lowest BCUT2D eigenvalue weighted by molar-refractivity contribution is -0.119. The smallest absolute Gasteiger partial charge is 0.188 e. The van der Waals surface area contributed by atoms with Crippen molar-refractivity contribution >= 4 is 15.6 Å². The van der Waals surface area contributed by atoms with Gasteiger partial charge in [-0.15, -0.1) is 0 Å². The van der Waals surface area contributed by atoms with Crippen molar-refractivity contribution in [3.8, 4) is 11.5 Å². The van der Waals surface area contributed by atoms with Crippen molar-refractivity contribution in [1.29, 1.82) is 0 Å². The lowest BCUT2D eigenvalue weighted by Gasteiger charge is -2.21. The van der Waals surface area contributed by atoms with Gasteiger partial charge in [-0.05, 0) is 25.0 Å². The summed E-state index contributed by atoms with van der Waals surface area (Å²) in [5, 5.41) is -0.906. The summed E-state index contributed by atoms with van der Waals surface area (Å²) in [5.41, 5.74) is 0. The van der Waals surface area contributed by atoms with Gasteiger partial charge in [-0.3, -0.25) is 4.79 Å². The second-order valence-corrected chi connectivity index (χ2v) is 7.54. The molecule has 1 saturated carbocycles. The van der Waals surface area contributed by atoms with Crippen molar-refractivity contribution in [3.63, 3.8) is 0 Å². The topological polar surface area (TPSA) is 69.7 Å². The third-order valence-electron chi connectivity index (χ3n) is 3.92. The van der Waals surface area contributed by atoms with Crippen molar-refractivity contribution in [2.75, 3.05) is 13.2 Å². The van der Waals surface area contributed by atoms with Crippen LogP contribution in [0.15, 0.2) is 23.1 Å². The summed E-state index contributed by atoms with van der Waals surface area (Å²) in [7, 11) is -3.64. The molecule has 0 spiro atoms. The molecule has 114 valence electrons. The van der Waals surface area contributed by atoms with E-state index in [1.165, 1.54) is 12.1 Å². The highest BCUT2D eigenvalue weighted by Crippen LogP contribution is 2.34. The van der Waals surface area contributed by atoms with Crippen molar-refractivity contribution in [2.24, 2.45) is 0 Å². The summed E-state index contributed by atoms with van der Waals surface area (Å²) in [4.78, 5) is 12.1. The van der Waals surface area contributed by atoms with E-state index in [-0.39, 0.29) is 10.7 Å². The highest BCUT2D eigenvalue weighted by atomic mass is 32.2. The quantitative estimate of drug-likeness (QED) is 0.837. The van der Waals surface area contributed by atoms with Gasteiger partial charge in [0.25, 0.3) is 0 Å². The monoisotopic (exact) mass is 310 g/mol. The van der Waals surface area contributed by atoms with Gasteiger partial charge < -0.3 is 9.47 Å². The van der Waals surface area contributed by atoms with Crippen LogP contribution in [0.5, 0.6) is 11.5 Å². The third-order valence-corrected chi connectivity index (χ3v) is 6.08. The lowest BCUT2D eigenvalue weighted by Crippen LogP contribution is -2.33. The molecule has 1 unspecified atom stereocenters. The van der Waals surface area contributed by atoms with Crippen LogP contribution in [0, 0.1) is 0 Å². The van der Waals surface area contributed by atoms with Crippen LogP contribution in [-0.2, 0) is 14.6 Å². The number of hydrogen-bond donors (Lipinski definition) is 0. The second kappa shape index (κ2) is 5.67. The number of hydrogen-bond acceptors (Lipinski definition) is 5. The highest BCUT2D eigenvalue weighted by Gasteiger charge is 2.35. The van der Waals surface area contributed by atoms with E-state index in [9.17, 15) is 13.2 Å². The molecule has 1 heterocycles. The van der Waals surface area contributed by atoms with Crippen molar-refractivity contribution in [2.45, 2.75) is 42.2 Å². The Balaban J connectivity index is 1.95. The average molecular weight is 310 g/mol. The fraction of sp³-hybridized carbons (Fsp3) is 0.533. The minimum atomic E-state index is -3.64. The zero-order valence-corrected chi connectivity index (χ0v) is 12.5. The zero-order chi connectivity index (χ0) is 14.9. The minimum absolute atomic E-state index is 0.145. The van der Waals surface area contributed by atoms with Gasteiger partial charge in [0.1, 0.15) is 5.25 Å². The minimum Gasteiger partial charge on any atom is -0.490 e. The summed E-state index contributed by atoms with van der Waals surface area (Å²) in [6.45, 7) is 1.05. The molecular weight excluding hydrogens is 292 g/mol. The Bertz CT molecular complexity index is 650. The van der Waals surface area contributed by atoms with E-state index in [2.05, 4.69) is 0 Å². The third kappa shape index (κ3) is 2.77. The summed E-state index contributed by atoms with van der Waals surface area (Å²) >= 11 is 0. The number of fused-ring (bicyclic) bond motifs is 1. The molecule has 1 aliphatic carbocycles. The Morgan fingerprint density at radius 1 is 1.00 bits per heavy atom. The number of carbonyl (C=O) groups excluding carboxylic acids is 1. The van der Waals surface area contributed by atoms with Crippen LogP contribution in [0.2, 0.25) is 0 Å². The standard InChI is InChI=1S/C15H18O5S/c16-12-4-1-2-5-15(12)21(17,18)11-6-7-13-14(10-11)20-9-3-8-19-13/h6-7,10,15H,1-5,8-9H2. The lowest BCUT2D eigenvalue weighted by atomic mass is 9.99. The molecule has 1 atom stereocenters. The molecule has 1 aliphatic heterocycles. The molecule has 5 nitrogen and oxygen atoms in total. The summed E-state index contributed by atoms with van der Waals surface area (Å²) in [6.07, 6.45) is 3.09. The van der Waals surface area contributed by atoms with Crippen LogP contribution in [-0.4, -0.2) is 32.7 Å². The van der Waals surface area contributed by atoms with Gasteiger partial charge in [0.05, 0.1) is 18.1 Å². The Morgan fingerprint density at radius 2 is 1.76 bits per heavy atom. The normalized spacial score (nSPS) is 22.7. The number of benzene rings is 1. The Morgan fingerprint density at radius 3 is 2.52 bits per heavy atom. The first-order chi connectivity index (χ1) is 10.1. The van der Waals surface area contributed by atoms with E-state index in [1.807, 2.05) is 0 Å². The predicted molar refractivity (Wildman–Crippen MR) is 76.5 cm³/mol. The molecule has 0 aromatic heterocycles. The molecule has 3 rings (SSSR count). The van der Waals surface area contributed by atoms with E-state index in [1.54, 1.807) is 6.07 Å². The molecule has 0 saturated heterocycles. The fourth-order valence-electron chi connectivity index (χ4n) is 2.76. The Hall–Kier alpha value is -1.56. The van der Waals surface area contributed by atoms with Gasteiger partial charge in [-0.2, -0.15) is 0 Å². The SMILES string of the molecule is O=C1CCCCC1S(=O)(=O)c1ccc2c(c1)OCCCO2. The molecule has 1 fully saturated rings. The van der Waals surface area contributed by atoms with E-state index < -0.39 is 15.1 Å². The first kappa shape index (κ1) is 14.4. The van der Waals surface area contributed by atoms with Crippen LogP contribution >= 0.6 is 0 Å². The van der Waals surface area contributed by atoms with E-state index in [4.69, 9.17) is 9.47 Å². The number of sulfone groups is 1. The molecule has 1 aromatic carbocycles. The Kier molecular flexibility index (Phi) is 3.89. The zero-order valence-electron chi connectivity index (χ0n) is 11.7. The van der Waals surface area contributed by atoms with Gasteiger partial charge in [-0.25, -0.2) is 8.42 Å². The van der Waals surface area contributed by atoms with Gasteiger partial charge in [0.2, 0.25) is 0 Å². The van der Waals surface area contributed by atoms with E-state index in [0.717, 1.165) is 19.3 Å². The maximum absolute atomic E-state index is 12.7. The van der Waals surface area contributed by atoms with Gasteiger partial charge in [-0.1, -0.05) is 6.42 Å². The summed E-state index contributed by atoms with van der Waals surface area (Å²) in [5.74, 6) is 0.826. The predicted octanol–water partition coefficient (Wildman–Crippen LogP) is 2.13. The highest BCUT2D eigenvalue weighted by molar-refractivity contribution is 7.92. The summed E-state index contributed by atoms with van der Waals surface area (Å²) < 4.78 is 36.3. The molecule has 0 bridgehead atoms. The molecule has 2 aliphatic rings. The van der Waals surface area contributed by atoms with Crippen molar-refractivity contribution in [1.82, 2.24) is 0 Å². The number of Topliss-reactive ketones (excluding diaryl/α,β-unsaturated/α-hetero) is 1. The van der Waals surface area contributed by atoms with Crippen molar-refractivity contribution < 1.29 is 22.7 Å². The molecule has 0 radical (unpaired) electrons. The van der Waals surface area contributed by atoms with E-state index >= 15 is 0 Å². The number of ketones is 1. The largest absolute Gasteiger partial charge is 0.490 e. The van der Waals surface area contributed by atoms with Crippen LogP contribution in [0.25, 0.3) is 0 Å². The number of ether oxygens (including phenoxy) is 2. The van der Waals surface area contributed by atoms with Crippen LogP contribution < -0.4 is 9.47 Å². The molecule has 0 N–H and O–H groups in total. The molecule has 0 amide bonds. The van der Waals surface area contributed by atoms with E-state index in [0.29, 0.717) is 37.6 Å². The second-order valence-electron chi connectivity index (χ2n) is 5.40. The molecule has 21 heavy (non-hydrogen) atoms. The number of rotatable bonds is 2. The molecule has 1 aromatic rings. The molecule has 6 heteroatoms. The maximum Gasteiger partial charge on any atom is 0.188 e.